The third-order valence-electron chi connectivity index (χ3n) is 2.54. The fourth-order valence-electron chi connectivity index (χ4n) is 1.66. The molecule has 0 atom stereocenters. The topological polar surface area (TPSA) is 38.3 Å². The first-order chi connectivity index (χ1) is 7.81. The molecule has 88 valence electrons. The van der Waals surface area contributed by atoms with Crippen molar-refractivity contribution in [2.45, 2.75) is 19.8 Å². The van der Waals surface area contributed by atoms with E-state index < -0.39 is 0 Å². The maximum absolute atomic E-state index is 10.1. The number of nitrogens with one attached hydrogen (secondary N) is 1. The number of hydrogen-bond donors (Lipinski definition) is 1. The molecule has 1 aromatic carbocycles. The highest BCUT2D eigenvalue weighted by Gasteiger charge is 2.02. The minimum atomic E-state index is 0.427. The molecule has 0 heterocycles. The lowest BCUT2D eigenvalue weighted by atomic mass is 10.1. The van der Waals surface area contributed by atoms with Gasteiger partial charge in [-0.3, -0.25) is 0 Å². The lowest BCUT2D eigenvalue weighted by Gasteiger charge is -2.09. The molecule has 1 aromatic rings. The van der Waals surface area contributed by atoms with Crippen LogP contribution in [0.15, 0.2) is 18.2 Å². The quantitative estimate of drug-likeness (QED) is 0.561. The molecule has 3 nitrogen and oxygen atoms in total. The van der Waals surface area contributed by atoms with Crippen molar-refractivity contribution in [2.75, 3.05) is 20.2 Å². The zero-order valence-corrected chi connectivity index (χ0v) is 9.95. The Morgan fingerprint density at radius 2 is 2.25 bits per heavy atom. The van der Waals surface area contributed by atoms with Crippen LogP contribution < -0.4 is 10.1 Å². The zero-order valence-electron chi connectivity index (χ0n) is 9.95. The molecule has 1 N–H and O–H groups in total. The Labute approximate surface area is 96.8 Å². The van der Waals surface area contributed by atoms with Crippen LogP contribution >= 0.6 is 0 Å². The van der Waals surface area contributed by atoms with Crippen LogP contribution in [0.2, 0.25) is 0 Å². The van der Waals surface area contributed by atoms with Gasteiger partial charge in [-0.05, 0) is 36.6 Å². The summed E-state index contributed by atoms with van der Waals surface area (Å²) >= 11 is 0. The van der Waals surface area contributed by atoms with Crippen LogP contribution in [0.5, 0.6) is 5.75 Å². The van der Waals surface area contributed by atoms with Gasteiger partial charge < -0.3 is 14.8 Å². The van der Waals surface area contributed by atoms with Gasteiger partial charge in [-0.2, -0.15) is 0 Å². The molecule has 0 saturated carbocycles. The lowest BCUT2D eigenvalue weighted by molar-refractivity contribution is -0.107. The van der Waals surface area contributed by atoms with Gasteiger partial charge in [-0.15, -0.1) is 0 Å². The summed E-state index contributed by atoms with van der Waals surface area (Å²) < 4.78 is 5.27. The van der Waals surface area contributed by atoms with E-state index in [1.807, 2.05) is 6.07 Å². The van der Waals surface area contributed by atoms with E-state index in [4.69, 9.17) is 4.74 Å². The number of benzene rings is 1. The molecule has 0 aliphatic rings. The van der Waals surface area contributed by atoms with Crippen molar-refractivity contribution in [1.82, 2.24) is 5.32 Å². The monoisotopic (exact) mass is 221 g/mol. The van der Waals surface area contributed by atoms with Crippen LogP contribution in [0.4, 0.5) is 0 Å². The number of carbonyl (C=O) groups excluding carboxylic acids is 1. The van der Waals surface area contributed by atoms with Crippen LogP contribution in [0.1, 0.15) is 18.1 Å². The van der Waals surface area contributed by atoms with Gasteiger partial charge in [0.2, 0.25) is 0 Å². The second-order valence-corrected chi connectivity index (χ2v) is 3.62. The molecular weight excluding hydrogens is 202 g/mol. The summed E-state index contributed by atoms with van der Waals surface area (Å²) in [6.45, 7) is 3.37. The van der Waals surface area contributed by atoms with Crippen molar-refractivity contribution in [3.05, 3.63) is 29.3 Å². The van der Waals surface area contributed by atoms with Crippen molar-refractivity contribution in [3.63, 3.8) is 0 Å². The highest BCUT2D eigenvalue weighted by molar-refractivity contribution is 5.51. The summed E-state index contributed by atoms with van der Waals surface area (Å²) in [5.74, 6) is 0.951. The predicted octanol–water partition coefficient (Wildman–Crippen LogP) is 1.59. The van der Waals surface area contributed by atoms with Crippen molar-refractivity contribution in [3.8, 4) is 5.75 Å². The molecule has 0 spiro atoms. The first kappa shape index (κ1) is 12.7. The molecule has 16 heavy (non-hydrogen) atoms. The van der Waals surface area contributed by atoms with Gasteiger partial charge in [0.15, 0.2) is 0 Å². The Balaban J connectivity index is 2.57. The first-order valence-corrected chi connectivity index (χ1v) is 5.62. The van der Waals surface area contributed by atoms with Crippen molar-refractivity contribution in [2.24, 2.45) is 0 Å². The van der Waals surface area contributed by atoms with Crippen molar-refractivity contribution < 1.29 is 9.53 Å². The number of methoxy groups -OCH3 is 1. The first-order valence-electron chi connectivity index (χ1n) is 5.62. The number of aryl methyl sites for hydroxylation is 1. The summed E-state index contributed by atoms with van der Waals surface area (Å²) in [7, 11) is 1.69. The zero-order chi connectivity index (χ0) is 11.8. The normalized spacial score (nSPS) is 10.1. The maximum atomic E-state index is 10.1. The largest absolute Gasteiger partial charge is 0.496 e. The Bertz CT molecular complexity index is 337. The second-order valence-electron chi connectivity index (χ2n) is 3.62. The van der Waals surface area contributed by atoms with Crippen LogP contribution in [0.25, 0.3) is 0 Å². The Morgan fingerprint density at radius 1 is 1.44 bits per heavy atom. The van der Waals surface area contributed by atoms with Crippen LogP contribution in [0, 0.1) is 0 Å². The maximum Gasteiger partial charge on any atom is 0.133 e. The third kappa shape index (κ3) is 3.66. The van der Waals surface area contributed by atoms with Crippen molar-refractivity contribution in [1.29, 1.82) is 0 Å². The van der Waals surface area contributed by atoms with E-state index in [1.54, 1.807) is 7.11 Å². The number of carbonyl (C=O) groups is 1. The molecule has 0 fully saturated rings. The van der Waals surface area contributed by atoms with Gasteiger partial charge >= 0.3 is 0 Å². The number of rotatable bonds is 7. The SMILES string of the molecule is CCc1cc(CCNCC=O)ccc1OC. The molecule has 0 saturated heterocycles. The minimum absolute atomic E-state index is 0.427. The highest BCUT2D eigenvalue weighted by Crippen LogP contribution is 2.20. The van der Waals surface area contributed by atoms with Crippen molar-refractivity contribution >= 4 is 6.29 Å². The van der Waals surface area contributed by atoms with Crippen LogP contribution in [0.3, 0.4) is 0 Å². The molecule has 0 aliphatic heterocycles. The highest BCUT2D eigenvalue weighted by atomic mass is 16.5. The Morgan fingerprint density at radius 3 is 2.88 bits per heavy atom. The number of ether oxygens (including phenoxy) is 1. The van der Waals surface area contributed by atoms with E-state index in [0.29, 0.717) is 6.54 Å². The van der Waals surface area contributed by atoms with E-state index in [2.05, 4.69) is 24.4 Å². The number of aldehydes is 1. The standard InChI is InChI=1S/C13H19NO2/c1-3-12-10-11(4-5-13(12)16-2)6-7-14-8-9-15/h4-5,9-10,14H,3,6-8H2,1-2H3. The molecule has 0 bridgehead atoms. The average molecular weight is 221 g/mol. The fraction of sp³-hybridized carbons (Fsp3) is 0.462. The van der Waals surface area contributed by atoms with Gasteiger partial charge in [0.05, 0.1) is 13.7 Å². The molecular formula is C13H19NO2. The second kappa shape index (κ2) is 7.01. The van der Waals surface area contributed by atoms with Gasteiger partial charge in [0.1, 0.15) is 12.0 Å². The van der Waals surface area contributed by atoms with Gasteiger partial charge in [-0.25, -0.2) is 0 Å². The smallest absolute Gasteiger partial charge is 0.133 e. The van der Waals surface area contributed by atoms with Crippen LogP contribution in [-0.4, -0.2) is 26.5 Å². The molecule has 1 rings (SSSR count). The molecule has 0 radical (unpaired) electrons. The fourth-order valence-corrected chi connectivity index (χ4v) is 1.66. The minimum Gasteiger partial charge on any atom is -0.496 e. The van der Waals surface area contributed by atoms with E-state index in [-0.39, 0.29) is 0 Å². The van der Waals surface area contributed by atoms with Gasteiger partial charge in [0, 0.05) is 0 Å². The molecule has 0 unspecified atom stereocenters. The van der Waals surface area contributed by atoms with E-state index in [9.17, 15) is 4.79 Å². The van der Waals surface area contributed by atoms with Gasteiger partial charge in [-0.1, -0.05) is 19.1 Å². The van der Waals surface area contributed by atoms with Gasteiger partial charge in [0.25, 0.3) is 0 Å². The lowest BCUT2D eigenvalue weighted by Crippen LogP contribution is -2.19. The molecule has 0 aliphatic carbocycles. The molecule has 0 aromatic heterocycles. The molecule has 0 amide bonds. The third-order valence-corrected chi connectivity index (χ3v) is 2.54. The average Bonchev–Trinajstić information content (AvgIpc) is 2.34. The molecule has 3 heteroatoms. The van der Waals surface area contributed by atoms with E-state index in [0.717, 1.165) is 31.4 Å². The number of hydrogen-bond acceptors (Lipinski definition) is 3. The van der Waals surface area contributed by atoms with Crippen LogP contribution in [-0.2, 0) is 17.6 Å². The van der Waals surface area contributed by atoms with E-state index in [1.165, 1.54) is 11.1 Å². The summed E-state index contributed by atoms with van der Waals surface area (Å²) in [6.07, 6.45) is 2.79. The predicted molar refractivity (Wildman–Crippen MR) is 65.0 cm³/mol. The Hall–Kier alpha value is -1.35. The summed E-state index contributed by atoms with van der Waals surface area (Å²) in [4.78, 5) is 10.1. The summed E-state index contributed by atoms with van der Waals surface area (Å²) in [5, 5.41) is 3.05. The summed E-state index contributed by atoms with van der Waals surface area (Å²) in [6, 6.07) is 6.25. The summed E-state index contributed by atoms with van der Waals surface area (Å²) in [5.41, 5.74) is 2.51. The Kier molecular flexibility index (Phi) is 5.57. The van der Waals surface area contributed by atoms with E-state index >= 15 is 0 Å².